The molecule has 3 rings (SSSR count). The number of nitrogens with one attached hydrogen (secondary N) is 2. The Labute approximate surface area is 171 Å². The summed E-state index contributed by atoms with van der Waals surface area (Å²) in [5, 5.41) is 4.49. The topological polar surface area (TPSA) is 115 Å². The molecule has 0 spiro atoms. The second kappa shape index (κ2) is 8.60. The van der Waals surface area contributed by atoms with Gasteiger partial charge < -0.3 is 14.5 Å². The summed E-state index contributed by atoms with van der Waals surface area (Å²) in [7, 11) is 1.35. The van der Waals surface area contributed by atoms with Gasteiger partial charge in [0, 0.05) is 18.2 Å². The number of carbonyl (C=O) groups is 3. The number of carbonyl (C=O) groups excluding carboxylic acids is 3. The number of para-hydroxylation sites is 1. The predicted octanol–water partition coefficient (Wildman–Crippen LogP) is 2.77. The first-order chi connectivity index (χ1) is 14.3. The van der Waals surface area contributed by atoms with Crippen molar-refractivity contribution in [2.45, 2.75) is 20.0 Å². The highest BCUT2D eigenvalue weighted by Crippen LogP contribution is 2.27. The molecule has 0 aliphatic heterocycles. The maximum absolute atomic E-state index is 12.9. The van der Waals surface area contributed by atoms with Crippen molar-refractivity contribution in [3.8, 4) is 11.3 Å². The molecule has 1 atom stereocenters. The predicted molar refractivity (Wildman–Crippen MR) is 110 cm³/mol. The van der Waals surface area contributed by atoms with Gasteiger partial charge in [-0.05, 0) is 26.0 Å². The van der Waals surface area contributed by atoms with Gasteiger partial charge in [0.15, 0.2) is 17.1 Å². The molecule has 2 aromatic carbocycles. The molecule has 1 aromatic heterocycles. The average molecular weight is 408 g/mol. The lowest BCUT2D eigenvalue weighted by atomic mass is 10.0. The van der Waals surface area contributed by atoms with Gasteiger partial charge in [0.1, 0.15) is 11.3 Å². The molecular formula is C22H20N2O6. The fourth-order valence-electron chi connectivity index (χ4n) is 2.89. The monoisotopic (exact) mass is 408 g/mol. The summed E-state index contributed by atoms with van der Waals surface area (Å²) in [6.07, 6.45) is -1.24. The lowest BCUT2D eigenvalue weighted by Crippen LogP contribution is -2.43. The average Bonchev–Trinajstić information content (AvgIpc) is 2.76. The molecule has 0 bridgehead atoms. The fourth-order valence-corrected chi connectivity index (χ4v) is 2.89. The number of urea groups is 1. The number of rotatable bonds is 4. The summed E-state index contributed by atoms with van der Waals surface area (Å²) >= 11 is 0. The third-order valence-electron chi connectivity index (χ3n) is 4.52. The first-order valence-corrected chi connectivity index (χ1v) is 9.19. The van der Waals surface area contributed by atoms with E-state index in [2.05, 4.69) is 5.32 Å². The summed E-state index contributed by atoms with van der Waals surface area (Å²) < 4.78 is 11.1. The van der Waals surface area contributed by atoms with Crippen LogP contribution >= 0.6 is 0 Å². The van der Waals surface area contributed by atoms with E-state index in [0.29, 0.717) is 16.9 Å². The van der Waals surface area contributed by atoms with Crippen LogP contribution in [0.2, 0.25) is 0 Å². The van der Waals surface area contributed by atoms with Crippen molar-refractivity contribution in [3.63, 3.8) is 0 Å². The number of ether oxygens (including phenoxy) is 1. The molecule has 0 saturated heterocycles. The van der Waals surface area contributed by atoms with Gasteiger partial charge in [-0.25, -0.2) is 9.59 Å². The van der Waals surface area contributed by atoms with Crippen molar-refractivity contribution in [3.05, 3.63) is 69.9 Å². The van der Waals surface area contributed by atoms with Crippen LogP contribution in [-0.4, -0.2) is 31.1 Å². The maximum atomic E-state index is 12.9. The highest BCUT2D eigenvalue weighted by molar-refractivity contribution is 6.04. The molecule has 0 saturated carbocycles. The van der Waals surface area contributed by atoms with Gasteiger partial charge in [0.25, 0.3) is 5.91 Å². The van der Waals surface area contributed by atoms with Crippen LogP contribution in [0.4, 0.5) is 4.79 Å². The highest BCUT2D eigenvalue weighted by atomic mass is 16.5. The number of hydrogen-bond acceptors (Lipinski definition) is 6. The van der Waals surface area contributed by atoms with E-state index < -0.39 is 24.0 Å². The van der Waals surface area contributed by atoms with Crippen LogP contribution in [0.1, 0.15) is 22.8 Å². The first-order valence-electron chi connectivity index (χ1n) is 9.19. The molecular weight excluding hydrogens is 388 g/mol. The van der Waals surface area contributed by atoms with Gasteiger partial charge in [0.2, 0.25) is 0 Å². The molecule has 0 aliphatic rings. The quantitative estimate of drug-likeness (QED) is 0.642. The Morgan fingerprint density at radius 2 is 1.73 bits per heavy atom. The Bertz CT molecular complexity index is 1180. The SMILES string of the molecule is CNC(=O)NC(=O)[C@H](C)OC(=O)c1cccc2c(=O)c(C)c(-c3ccccc3)oc12. The van der Waals surface area contributed by atoms with Crippen LogP contribution < -0.4 is 16.1 Å². The van der Waals surface area contributed by atoms with E-state index in [-0.39, 0.29) is 22.0 Å². The zero-order valence-electron chi connectivity index (χ0n) is 16.6. The standard InChI is InChI=1S/C22H20N2O6/c1-12-17(25)15-10-7-11-16(19(15)30-18(12)14-8-5-4-6-9-14)21(27)29-13(2)20(26)24-22(28)23-3/h4-11,13H,1-3H3,(H2,23,24,26,28)/t13-/m0/s1. The molecule has 8 heteroatoms. The Balaban J connectivity index is 2.01. The second-order valence-electron chi connectivity index (χ2n) is 6.55. The molecule has 2 N–H and O–H groups in total. The van der Waals surface area contributed by atoms with Gasteiger partial charge in [-0.2, -0.15) is 0 Å². The molecule has 3 amide bonds. The van der Waals surface area contributed by atoms with Crippen LogP contribution in [0.3, 0.4) is 0 Å². The summed E-state index contributed by atoms with van der Waals surface area (Å²) in [6.45, 7) is 2.99. The Kier molecular flexibility index (Phi) is 5.96. The van der Waals surface area contributed by atoms with Crippen LogP contribution in [0.5, 0.6) is 0 Å². The Morgan fingerprint density at radius 3 is 2.40 bits per heavy atom. The molecule has 30 heavy (non-hydrogen) atoms. The third-order valence-corrected chi connectivity index (χ3v) is 4.52. The van der Waals surface area contributed by atoms with E-state index in [9.17, 15) is 19.2 Å². The van der Waals surface area contributed by atoms with Gasteiger partial charge in [-0.3, -0.25) is 14.9 Å². The van der Waals surface area contributed by atoms with Crippen LogP contribution in [0, 0.1) is 6.92 Å². The number of fused-ring (bicyclic) bond motifs is 1. The van der Waals surface area contributed by atoms with Crippen LogP contribution in [0.25, 0.3) is 22.3 Å². The summed E-state index contributed by atoms with van der Waals surface area (Å²) in [5.74, 6) is -1.30. The molecule has 0 fully saturated rings. The van der Waals surface area contributed by atoms with E-state index in [1.165, 1.54) is 26.1 Å². The van der Waals surface area contributed by atoms with E-state index in [0.717, 1.165) is 0 Å². The summed E-state index contributed by atoms with van der Waals surface area (Å²) in [5.41, 5.74) is 0.903. The molecule has 8 nitrogen and oxygen atoms in total. The second-order valence-corrected chi connectivity index (χ2v) is 6.55. The Hall–Kier alpha value is -3.94. The minimum atomic E-state index is -1.24. The lowest BCUT2D eigenvalue weighted by molar-refractivity contribution is -0.127. The van der Waals surface area contributed by atoms with Gasteiger partial charge in [-0.15, -0.1) is 0 Å². The van der Waals surface area contributed by atoms with Crippen molar-refractivity contribution < 1.29 is 23.5 Å². The lowest BCUT2D eigenvalue weighted by Gasteiger charge is -2.14. The smallest absolute Gasteiger partial charge is 0.342 e. The largest absolute Gasteiger partial charge is 0.455 e. The third kappa shape index (κ3) is 4.07. The molecule has 3 aromatic rings. The molecule has 1 heterocycles. The zero-order chi connectivity index (χ0) is 21.8. The van der Waals surface area contributed by atoms with Crippen molar-refractivity contribution in [1.29, 1.82) is 0 Å². The van der Waals surface area contributed by atoms with Gasteiger partial charge >= 0.3 is 12.0 Å². The van der Waals surface area contributed by atoms with Gasteiger partial charge in [0.05, 0.1) is 5.39 Å². The summed E-state index contributed by atoms with van der Waals surface area (Å²) in [4.78, 5) is 48.8. The summed E-state index contributed by atoms with van der Waals surface area (Å²) in [6, 6.07) is 12.9. The minimum absolute atomic E-state index is 0.00127. The number of hydrogen-bond donors (Lipinski definition) is 2. The molecule has 154 valence electrons. The van der Waals surface area contributed by atoms with E-state index in [1.54, 1.807) is 25.1 Å². The van der Waals surface area contributed by atoms with Gasteiger partial charge in [-0.1, -0.05) is 36.4 Å². The molecule has 0 aliphatic carbocycles. The Morgan fingerprint density at radius 1 is 1.03 bits per heavy atom. The number of amides is 3. The first kappa shape index (κ1) is 20.8. The van der Waals surface area contributed by atoms with Crippen molar-refractivity contribution >= 4 is 28.9 Å². The normalized spacial score (nSPS) is 11.6. The van der Waals surface area contributed by atoms with Crippen molar-refractivity contribution in [2.24, 2.45) is 0 Å². The zero-order valence-corrected chi connectivity index (χ0v) is 16.6. The van der Waals surface area contributed by atoms with E-state index >= 15 is 0 Å². The van der Waals surface area contributed by atoms with Crippen molar-refractivity contribution in [2.75, 3.05) is 7.05 Å². The number of benzene rings is 2. The van der Waals surface area contributed by atoms with E-state index in [4.69, 9.17) is 9.15 Å². The number of esters is 1. The molecule has 0 unspecified atom stereocenters. The minimum Gasteiger partial charge on any atom is -0.455 e. The van der Waals surface area contributed by atoms with Crippen molar-refractivity contribution in [1.82, 2.24) is 10.6 Å². The number of imide groups is 1. The molecule has 0 radical (unpaired) electrons. The van der Waals surface area contributed by atoms with E-state index in [1.807, 2.05) is 23.5 Å². The maximum Gasteiger partial charge on any atom is 0.342 e. The van der Waals surface area contributed by atoms with Crippen LogP contribution in [0.15, 0.2) is 57.7 Å². The fraction of sp³-hybridized carbons (Fsp3) is 0.182. The van der Waals surface area contributed by atoms with Crippen LogP contribution in [-0.2, 0) is 9.53 Å². The highest BCUT2D eigenvalue weighted by Gasteiger charge is 2.24.